The fourth-order valence-electron chi connectivity index (χ4n) is 3.34. The molecule has 0 unspecified atom stereocenters. The molecule has 0 fully saturated rings. The molecule has 3 aromatic carbocycles. The number of nitrogens with one attached hydrogen (secondary N) is 1. The molecule has 0 aliphatic rings. The quantitative estimate of drug-likeness (QED) is 0.623. The van der Waals surface area contributed by atoms with Crippen molar-refractivity contribution in [3.8, 4) is 0 Å². The van der Waals surface area contributed by atoms with Crippen LogP contribution in [0.3, 0.4) is 0 Å². The molecule has 1 amide bonds. The van der Waals surface area contributed by atoms with Crippen molar-refractivity contribution in [2.45, 2.75) is 25.3 Å². The highest BCUT2D eigenvalue weighted by Crippen LogP contribution is 2.25. The summed E-state index contributed by atoms with van der Waals surface area (Å²) in [5.41, 5.74) is 3.84. The van der Waals surface area contributed by atoms with E-state index in [0.717, 1.165) is 22.3 Å². The Bertz CT molecular complexity index is 897. The van der Waals surface area contributed by atoms with Gasteiger partial charge in [0.1, 0.15) is 6.04 Å². The third-order valence-corrected chi connectivity index (χ3v) is 4.89. The molecule has 3 aromatic rings. The molecule has 0 bridgehead atoms. The van der Waals surface area contributed by atoms with Crippen molar-refractivity contribution in [3.63, 3.8) is 0 Å². The largest absolute Gasteiger partial charge is 0.467 e. The number of carbonyl (C=O) groups excluding carboxylic acids is 2. The van der Waals surface area contributed by atoms with Gasteiger partial charge in [-0.3, -0.25) is 4.79 Å². The second kappa shape index (κ2) is 9.69. The minimum Gasteiger partial charge on any atom is -0.467 e. The van der Waals surface area contributed by atoms with Crippen molar-refractivity contribution in [3.05, 3.63) is 107 Å². The summed E-state index contributed by atoms with van der Waals surface area (Å²) in [6.07, 6.45) is 0.370. The van der Waals surface area contributed by atoms with Crippen molar-refractivity contribution in [1.29, 1.82) is 0 Å². The molecule has 0 saturated heterocycles. The topological polar surface area (TPSA) is 55.4 Å². The highest BCUT2D eigenvalue weighted by Gasteiger charge is 2.28. The number of methoxy groups -OCH3 is 1. The molecule has 29 heavy (non-hydrogen) atoms. The number of rotatable bonds is 7. The number of esters is 1. The molecule has 0 spiro atoms. The summed E-state index contributed by atoms with van der Waals surface area (Å²) in [6, 6.07) is 26.3. The molecule has 0 saturated carbocycles. The summed E-state index contributed by atoms with van der Waals surface area (Å²) in [6.45, 7) is 2.01. The minimum absolute atomic E-state index is 0.232. The molecule has 0 radical (unpaired) electrons. The molecule has 4 heteroatoms. The van der Waals surface area contributed by atoms with Crippen LogP contribution in [0.4, 0.5) is 0 Å². The molecule has 0 heterocycles. The average Bonchev–Trinajstić information content (AvgIpc) is 2.76. The number of benzene rings is 3. The molecule has 1 N–H and O–H groups in total. The lowest BCUT2D eigenvalue weighted by Gasteiger charge is -2.22. The lowest BCUT2D eigenvalue weighted by molar-refractivity contribution is -0.145. The lowest BCUT2D eigenvalue weighted by atomic mass is 9.90. The predicted octanol–water partition coefficient (Wildman–Crippen LogP) is 4.03. The van der Waals surface area contributed by atoms with E-state index in [4.69, 9.17) is 4.74 Å². The van der Waals surface area contributed by atoms with E-state index in [1.807, 2.05) is 91.9 Å². The van der Waals surface area contributed by atoms with Gasteiger partial charge in [-0.05, 0) is 23.6 Å². The van der Waals surface area contributed by atoms with Gasteiger partial charge in [0.25, 0.3) is 0 Å². The van der Waals surface area contributed by atoms with Gasteiger partial charge in [0.05, 0.1) is 13.0 Å². The van der Waals surface area contributed by atoms with Gasteiger partial charge < -0.3 is 10.1 Å². The van der Waals surface area contributed by atoms with Crippen LogP contribution in [0.15, 0.2) is 84.9 Å². The number of aryl methyl sites for hydroxylation is 1. The highest BCUT2D eigenvalue weighted by molar-refractivity contribution is 5.91. The molecule has 0 aliphatic carbocycles. The summed E-state index contributed by atoms with van der Waals surface area (Å²) in [7, 11) is 1.34. The van der Waals surface area contributed by atoms with E-state index in [2.05, 4.69) is 5.32 Å². The Balaban J connectivity index is 1.87. The Labute approximate surface area is 171 Å². The van der Waals surface area contributed by atoms with Crippen LogP contribution < -0.4 is 5.32 Å². The molecule has 0 aliphatic heterocycles. The predicted molar refractivity (Wildman–Crippen MR) is 114 cm³/mol. The summed E-state index contributed by atoms with van der Waals surface area (Å²) >= 11 is 0. The first-order valence-corrected chi connectivity index (χ1v) is 9.62. The van der Waals surface area contributed by atoms with Gasteiger partial charge in [0.15, 0.2) is 0 Å². The van der Waals surface area contributed by atoms with Crippen LogP contribution in [0, 0.1) is 6.92 Å². The molecular weight excluding hydrogens is 362 g/mol. The van der Waals surface area contributed by atoms with Gasteiger partial charge in [0.2, 0.25) is 5.91 Å². The molecular formula is C25H25NO3. The third-order valence-electron chi connectivity index (χ3n) is 4.89. The van der Waals surface area contributed by atoms with Gasteiger partial charge in [-0.25, -0.2) is 4.79 Å². The summed E-state index contributed by atoms with van der Waals surface area (Å²) in [5, 5.41) is 2.91. The van der Waals surface area contributed by atoms with Crippen molar-refractivity contribution < 1.29 is 14.3 Å². The second-order valence-electron chi connectivity index (χ2n) is 7.03. The first-order chi connectivity index (χ1) is 14.1. The van der Waals surface area contributed by atoms with Gasteiger partial charge in [-0.2, -0.15) is 0 Å². The molecule has 4 nitrogen and oxygen atoms in total. The third kappa shape index (κ3) is 5.32. The Morgan fingerprint density at radius 1 is 0.828 bits per heavy atom. The normalized spacial score (nSPS) is 11.7. The average molecular weight is 387 g/mol. The summed E-state index contributed by atoms with van der Waals surface area (Å²) < 4.78 is 4.95. The smallest absolute Gasteiger partial charge is 0.328 e. The maximum Gasteiger partial charge on any atom is 0.328 e. The molecule has 3 rings (SSSR count). The zero-order valence-electron chi connectivity index (χ0n) is 16.7. The number of carbonyl (C=O) groups is 2. The van der Waals surface area contributed by atoms with Crippen LogP contribution in [-0.2, 0) is 20.7 Å². The SMILES string of the molecule is COC(=O)[C@H](Cc1ccc(C)cc1)NC(=O)C(c1ccccc1)c1ccccc1. The Hall–Kier alpha value is -3.40. The van der Waals surface area contributed by atoms with E-state index < -0.39 is 17.9 Å². The highest BCUT2D eigenvalue weighted by atomic mass is 16.5. The Kier molecular flexibility index (Phi) is 6.80. The van der Waals surface area contributed by atoms with Gasteiger partial charge in [0, 0.05) is 6.42 Å². The Morgan fingerprint density at radius 3 is 1.83 bits per heavy atom. The zero-order valence-corrected chi connectivity index (χ0v) is 16.7. The molecule has 1 atom stereocenters. The van der Waals surface area contributed by atoms with Crippen molar-refractivity contribution in [1.82, 2.24) is 5.32 Å². The van der Waals surface area contributed by atoms with E-state index in [-0.39, 0.29) is 5.91 Å². The molecule has 0 aromatic heterocycles. The van der Waals surface area contributed by atoms with E-state index in [9.17, 15) is 9.59 Å². The summed E-state index contributed by atoms with van der Waals surface area (Å²) in [4.78, 5) is 25.7. The van der Waals surface area contributed by atoms with Gasteiger partial charge in [-0.15, -0.1) is 0 Å². The number of hydrogen-bond donors (Lipinski definition) is 1. The van der Waals surface area contributed by atoms with E-state index in [1.165, 1.54) is 7.11 Å². The van der Waals surface area contributed by atoms with Crippen molar-refractivity contribution in [2.75, 3.05) is 7.11 Å². The monoisotopic (exact) mass is 387 g/mol. The maximum atomic E-state index is 13.3. The standard InChI is InChI=1S/C25H25NO3/c1-18-13-15-19(16-14-18)17-22(25(28)29-2)26-24(27)23(20-9-5-3-6-10-20)21-11-7-4-8-12-21/h3-16,22-23H,17H2,1-2H3,(H,26,27)/t22-/m0/s1. The first kappa shape index (κ1) is 20.3. The fourth-order valence-corrected chi connectivity index (χ4v) is 3.34. The number of amides is 1. The van der Waals surface area contributed by atoms with Crippen LogP contribution in [-0.4, -0.2) is 25.0 Å². The maximum absolute atomic E-state index is 13.3. The van der Waals surface area contributed by atoms with Gasteiger partial charge >= 0.3 is 5.97 Å². The second-order valence-corrected chi connectivity index (χ2v) is 7.03. The van der Waals surface area contributed by atoms with Gasteiger partial charge in [-0.1, -0.05) is 90.5 Å². The van der Waals surface area contributed by atoms with Crippen LogP contribution in [0.25, 0.3) is 0 Å². The fraction of sp³-hybridized carbons (Fsp3) is 0.200. The Morgan fingerprint density at radius 2 is 1.34 bits per heavy atom. The van der Waals surface area contributed by atoms with E-state index in [0.29, 0.717) is 6.42 Å². The van der Waals surface area contributed by atoms with Crippen molar-refractivity contribution >= 4 is 11.9 Å². The number of ether oxygens (including phenoxy) is 1. The summed E-state index contributed by atoms with van der Waals surface area (Å²) in [5.74, 6) is -1.20. The zero-order chi connectivity index (χ0) is 20.6. The van der Waals surface area contributed by atoms with Crippen LogP contribution in [0.5, 0.6) is 0 Å². The minimum atomic E-state index is -0.759. The number of hydrogen-bond acceptors (Lipinski definition) is 3. The van der Waals surface area contributed by atoms with Crippen LogP contribution in [0.2, 0.25) is 0 Å². The van der Waals surface area contributed by atoms with Crippen LogP contribution >= 0.6 is 0 Å². The van der Waals surface area contributed by atoms with E-state index >= 15 is 0 Å². The van der Waals surface area contributed by atoms with Crippen molar-refractivity contribution in [2.24, 2.45) is 0 Å². The van der Waals surface area contributed by atoms with Crippen LogP contribution in [0.1, 0.15) is 28.2 Å². The van der Waals surface area contributed by atoms with E-state index in [1.54, 1.807) is 0 Å². The first-order valence-electron chi connectivity index (χ1n) is 9.62. The molecule has 148 valence electrons. The lowest BCUT2D eigenvalue weighted by Crippen LogP contribution is -2.45.